The Balaban J connectivity index is 1.55. The van der Waals surface area contributed by atoms with Gasteiger partial charge < -0.3 is 0 Å². The van der Waals surface area contributed by atoms with Crippen LogP contribution in [0.3, 0.4) is 0 Å². The van der Waals surface area contributed by atoms with Gasteiger partial charge in [-0.15, -0.1) is 0 Å². The molecule has 0 aromatic heterocycles. The van der Waals surface area contributed by atoms with Crippen molar-refractivity contribution in [2.24, 2.45) is 11.8 Å². The van der Waals surface area contributed by atoms with Gasteiger partial charge in [0.1, 0.15) is 0 Å². The van der Waals surface area contributed by atoms with E-state index in [1.807, 2.05) is 30.3 Å². The molecule has 1 spiro atoms. The minimum Gasteiger partial charge on any atom is -0.291 e. The molecule has 3 aromatic rings. The number of carbonyl (C=O) groups excluding carboxylic acids is 4. The van der Waals surface area contributed by atoms with Crippen LogP contribution in [-0.2, 0) is 9.59 Å². The van der Waals surface area contributed by atoms with Crippen molar-refractivity contribution in [3.63, 3.8) is 0 Å². The second-order valence-electron chi connectivity index (χ2n) is 8.66. The predicted molar refractivity (Wildman–Crippen MR) is 126 cm³/mol. The number of anilines is 1. The monoisotopic (exact) mass is 490 g/mol. The molecule has 8 heteroatoms. The largest absolute Gasteiger partial charge is 0.291 e. The minimum absolute atomic E-state index is 0.185. The molecular weight excluding hydrogens is 475 g/mol. The first kappa shape index (κ1) is 21.2. The van der Waals surface area contributed by atoms with Gasteiger partial charge in [-0.05, 0) is 23.8 Å². The highest BCUT2D eigenvalue weighted by Gasteiger charge is 2.73. The lowest BCUT2D eigenvalue weighted by atomic mass is 9.76. The van der Waals surface area contributed by atoms with Gasteiger partial charge in [-0.3, -0.25) is 24.5 Å². The third-order valence-corrected chi connectivity index (χ3v) is 7.75. The van der Waals surface area contributed by atoms with Gasteiger partial charge in [-0.1, -0.05) is 77.8 Å². The number of carbonyl (C=O) groups is 4. The Morgan fingerprint density at radius 1 is 0.735 bits per heavy atom. The van der Waals surface area contributed by atoms with Crippen molar-refractivity contribution < 1.29 is 19.2 Å². The lowest BCUT2D eigenvalue weighted by molar-refractivity contribution is -0.123. The smallest absolute Gasteiger partial charge is 0.240 e. The van der Waals surface area contributed by atoms with Crippen molar-refractivity contribution in [2.45, 2.75) is 11.6 Å². The number of rotatable bonds is 2. The van der Waals surface area contributed by atoms with Crippen LogP contribution in [0.4, 0.5) is 5.69 Å². The van der Waals surface area contributed by atoms with Gasteiger partial charge in [-0.25, -0.2) is 4.90 Å². The van der Waals surface area contributed by atoms with E-state index in [2.05, 4.69) is 5.32 Å². The van der Waals surface area contributed by atoms with Crippen LogP contribution in [0.2, 0.25) is 10.0 Å². The van der Waals surface area contributed by atoms with E-state index in [1.165, 1.54) is 18.2 Å². The number of halogens is 2. The van der Waals surface area contributed by atoms with Crippen molar-refractivity contribution in [1.82, 2.24) is 5.32 Å². The fourth-order valence-electron chi connectivity index (χ4n) is 5.56. The van der Waals surface area contributed by atoms with Gasteiger partial charge >= 0.3 is 0 Å². The molecule has 2 heterocycles. The highest BCUT2D eigenvalue weighted by Crippen LogP contribution is 2.54. The summed E-state index contributed by atoms with van der Waals surface area (Å²) in [6.45, 7) is 0. The first-order chi connectivity index (χ1) is 16.4. The Morgan fingerprint density at radius 2 is 1.35 bits per heavy atom. The summed E-state index contributed by atoms with van der Waals surface area (Å²) < 4.78 is 0. The number of amides is 2. The second kappa shape index (κ2) is 7.34. The number of hydrogen-bond acceptors (Lipinski definition) is 5. The maximum Gasteiger partial charge on any atom is 0.240 e. The highest BCUT2D eigenvalue weighted by molar-refractivity contribution is 6.42. The van der Waals surface area contributed by atoms with E-state index in [1.54, 1.807) is 24.3 Å². The highest BCUT2D eigenvalue weighted by atomic mass is 35.5. The lowest BCUT2D eigenvalue weighted by Gasteiger charge is -2.28. The summed E-state index contributed by atoms with van der Waals surface area (Å²) in [6, 6.07) is 19.3. The zero-order chi connectivity index (χ0) is 23.8. The fraction of sp³-hybridized carbons (Fsp3) is 0.154. The minimum atomic E-state index is -1.85. The molecule has 168 valence electrons. The Labute approximate surface area is 204 Å². The second-order valence-corrected chi connectivity index (χ2v) is 9.47. The molecule has 0 saturated carbocycles. The van der Waals surface area contributed by atoms with Crippen molar-refractivity contribution in [1.29, 1.82) is 0 Å². The Hall–Kier alpha value is -3.32. The maximum absolute atomic E-state index is 13.9. The van der Waals surface area contributed by atoms with Crippen LogP contribution in [0.15, 0.2) is 72.8 Å². The third-order valence-electron chi connectivity index (χ3n) is 7.01. The number of fused-ring (bicyclic) bond motifs is 3. The molecule has 0 unspecified atom stereocenters. The molecule has 3 aliphatic rings. The predicted octanol–water partition coefficient (Wildman–Crippen LogP) is 4.26. The molecule has 6 nitrogen and oxygen atoms in total. The summed E-state index contributed by atoms with van der Waals surface area (Å²) in [4.78, 5) is 56.1. The standard InChI is InChI=1S/C26H16Cl2N2O4/c27-17-11-10-14(12-18(17)28)30-24(33)19-20(25(30)34)26(29-21(19)13-6-2-1-3-7-13)22(31)15-8-4-5-9-16(15)23(26)32/h1-12,19-21,29H/t19-,20-,21+/m1/s1. The van der Waals surface area contributed by atoms with Gasteiger partial charge in [0.25, 0.3) is 0 Å². The number of ketones is 2. The molecule has 2 fully saturated rings. The van der Waals surface area contributed by atoms with Crippen molar-refractivity contribution in [3.8, 4) is 0 Å². The summed E-state index contributed by atoms with van der Waals surface area (Å²) in [5, 5.41) is 3.63. The Bertz CT molecular complexity index is 1390. The zero-order valence-corrected chi connectivity index (χ0v) is 19.0. The molecule has 2 saturated heterocycles. The van der Waals surface area contributed by atoms with Crippen molar-refractivity contribution in [3.05, 3.63) is 99.5 Å². The van der Waals surface area contributed by atoms with E-state index in [-0.39, 0.29) is 26.9 Å². The van der Waals surface area contributed by atoms with Gasteiger partial charge in [0.05, 0.1) is 27.6 Å². The molecule has 1 N–H and O–H groups in total. The van der Waals surface area contributed by atoms with Crippen LogP contribution < -0.4 is 10.2 Å². The first-order valence-corrected chi connectivity index (χ1v) is 11.5. The first-order valence-electron chi connectivity index (χ1n) is 10.7. The number of nitrogens with one attached hydrogen (secondary N) is 1. The number of imide groups is 1. The van der Waals surface area contributed by atoms with Crippen LogP contribution in [0.5, 0.6) is 0 Å². The molecule has 0 radical (unpaired) electrons. The normalized spacial score (nSPS) is 24.8. The summed E-state index contributed by atoms with van der Waals surface area (Å²) in [5.41, 5.74) is -0.396. The summed E-state index contributed by atoms with van der Waals surface area (Å²) in [5.74, 6) is -4.24. The molecule has 34 heavy (non-hydrogen) atoms. The topological polar surface area (TPSA) is 83.5 Å². The molecule has 1 aliphatic carbocycles. The molecule has 3 atom stereocenters. The average Bonchev–Trinajstić information content (AvgIpc) is 3.42. The van der Waals surface area contributed by atoms with Gasteiger partial charge in [-0.2, -0.15) is 0 Å². The van der Waals surface area contributed by atoms with Crippen molar-refractivity contribution >= 4 is 52.3 Å². The van der Waals surface area contributed by atoms with E-state index in [9.17, 15) is 19.2 Å². The van der Waals surface area contributed by atoms with Crippen LogP contribution >= 0.6 is 23.2 Å². The van der Waals surface area contributed by atoms with Gasteiger partial charge in [0.2, 0.25) is 11.8 Å². The maximum atomic E-state index is 13.9. The van der Waals surface area contributed by atoms with E-state index in [4.69, 9.17) is 23.2 Å². The summed E-state index contributed by atoms with van der Waals surface area (Å²) in [7, 11) is 0. The number of hydrogen-bond donors (Lipinski definition) is 1. The molecule has 2 aliphatic heterocycles. The molecule has 3 aromatic carbocycles. The average molecular weight is 491 g/mol. The third kappa shape index (κ3) is 2.61. The SMILES string of the molecule is O=C1[C@H]2[C@H](c3ccccc3)NC3(C(=O)c4ccccc4C3=O)[C@H]2C(=O)N1c1ccc(Cl)c(Cl)c1. The Morgan fingerprint density at radius 3 is 1.97 bits per heavy atom. The van der Waals surface area contributed by atoms with E-state index >= 15 is 0 Å². The zero-order valence-electron chi connectivity index (χ0n) is 17.5. The lowest BCUT2D eigenvalue weighted by Crippen LogP contribution is -2.58. The van der Waals surface area contributed by atoms with Crippen molar-refractivity contribution in [2.75, 3.05) is 4.90 Å². The molecule has 6 rings (SSSR count). The number of nitrogens with zero attached hydrogens (tertiary/aromatic N) is 1. The molecule has 0 bridgehead atoms. The van der Waals surface area contributed by atoms with E-state index in [0.29, 0.717) is 5.56 Å². The molecule has 2 amide bonds. The van der Waals surface area contributed by atoms with Crippen LogP contribution in [0, 0.1) is 11.8 Å². The van der Waals surface area contributed by atoms with Crippen LogP contribution in [0.25, 0.3) is 0 Å². The number of benzene rings is 3. The number of Topliss-reactive ketones (excluding diaryl/α,β-unsaturated/α-hetero) is 2. The van der Waals surface area contributed by atoms with Gasteiger partial charge in [0, 0.05) is 17.2 Å². The fourth-order valence-corrected chi connectivity index (χ4v) is 5.85. The van der Waals surface area contributed by atoms with E-state index in [0.717, 1.165) is 4.90 Å². The Kier molecular flexibility index (Phi) is 4.58. The quantitative estimate of drug-likeness (QED) is 0.428. The molecular formula is C26H16Cl2N2O4. The van der Waals surface area contributed by atoms with Crippen LogP contribution in [-0.4, -0.2) is 28.9 Å². The van der Waals surface area contributed by atoms with E-state index < -0.39 is 46.8 Å². The van der Waals surface area contributed by atoms with Gasteiger partial charge in [0.15, 0.2) is 17.1 Å². The summed E-state index contributed by atoms with van der Waals surface area (Å²) in [6.07, 6.45) is 0. The summed E-state index contributed by atoms with van der Waals surface area (Å²) >= 11 is 12.2. The van der Waals surface area contributed by atoms with Crippen LogP contribution in [0.1, 0.15) is 32.3 Å².